The van der Waals surface area contributed by atoms with Crippen LogP contribution in [-0.4, -0.2) is 19.7 Å². The molecular formula is C7H10NO2S2. The number of hydrogen-bond donors (Lipinski definition) is 0. The molecule has 5 heteroatoms. The highest BCUT2D eigenvalue weighted by atomic mass is 32.2. The van der Waals surface area contributed by atoms with E-state index in [0.29, 0.717) is 0 Å². The Kier molecular flexibility index (Phi) is 2.85. The molecule has 0 atom stereocenters. The number of nitrogens with zero attached hydrogens (tertiary/aromatic N) is 1. The molecule has 0 aliphatic heterocycles. The Hall–Kier alpha value is -0.420. The zero-order chi connectivity index (χ0) is 9.19. The van der Waals surface area contributed by atoms with Gasteiger partial charge in [-0.05, 0) is 6.42 Å². The third kappa shape index (κ3) is 2.28. The second-order valence-electron chi connectivity index (χ2n) is 2.41. The minimum atomic E-state index is -3.11. The van der Waals surface area contributed by atoms with Crippen LogP contribution in [0, 0.1) is 6.42 Å². The van der Waals surface area contributed by atoms with E-state index in [4.69, 9.17) is 0 Å². The number of aromatic nitrogens is 1. The van der Waals surface area contributed by atoms with Gasteiger partial charge in [-0.3, -0.25) is 0 Å². The number of hydrogen-bond acceptors (Lipinski definition) is 4. The first kappa shape index (κ1) is 9.67. The Morgan fingerprint density at radius 1 is 1.67 bits per heavy atom. The van der Waals surface area contributed by atoms with E-state index in [-0.39, 0.29) is 4.34 Å². The second kappa shape index (κ2) is 3.53. The van der Waals surface area contributed by atoms with Crippen molar-refractivity contribution in [2.24, 2.45) is 0 Å². The fourth-order valence-electron chi connectivity index (χ4n) is 0.737. The van der Waals surface area contributed by atoms with E-state index in [1.54, 1.807) is 6.20 Å². The second-order valence-corrected chi connectivity index (χ2v) is 5.66. The summed E-state index contributed by atoms with van der Waals surface area (Å²) in [5.41, 5.74) is 0. The molecule has 0 aliphatic carbocycles. The standard InChI is InChI=1S/C7H10NO2S2/c1-3-4-6-5-8-7(11-6)12(2,9)10/h4-5H,3H2,1-2H3. The number of thiazole rings is 1. The van der Waals surface area contributed by atoms with E-state index in [1.807, 2.05) is 13.3 Å². The average Bonchev–Trinajstić information content (AvgIpc) is 2.35. The Labute approximate surface area is 76.4 Å². The zero-order valence-electron chi connectivity index (χ0n) is 6.94. The largest absolute Gasteiger partial charge is 0.233 e. The van der Waals surface area contributed by atoms with Crippen LogP contribution >= 0.6 is 11.3 Å². The maximum absolute atomic E-state index is 11.0. The molecule has 0 spiro atoms. The molecule has 0 N–H and O–H groups in total. The Morgan fingerprint density at radius 2 is 2.33 bits per heavy atom. The molecule has 1 radical (unpaired) electrons. The molecular weight excluding hydrogens is 194 g/mol. The van der Waals surface area contributed by atoms with Crippen molar-refractivity contribution in [2.45, 2.75) is 17.7 Å². The van der Waals surface area contributed by atoms with Gasteiger partial charge >= 0.3 is 0 Å². The molecule has 67 valence electrons. The normalized spacial score (nSPS) is 11.8. The van der Waals surface area contributed by atoms with Gasteiger partial charge in [-0.2, -0.15) is 0 Å². The molecule has 0 saturated carbocycles. The van der Waals surface area contributed by atoms with Gasteiger partial charge < -0.3 is 0 Å². The summed E-state index contributed by atoms with van der Waals surface area (Å²) in [5, 5.41) is 0. The monoisotopic (exact) mass is 204 g/mol. The Bertz CT molecular complexity index is 353. The maximum Gasteiger partial charge on any atom is 0.209 e. The summed E-state index contributed by atoms with van der Waals surface area (Å²) in [4.78, 5) is 4.72. The predicted molar refractivity (Wildman–Crippen MR) is 48.9 cm³/mol. The molecule has 1 rings (SSSR count). The van der Waals surface area contributed by atoms with Crippen LogP contribution in [0.2, 0.25) is 0 Å². The summed E-state index contributed by atoms with van der Waals surface area (Å²) in [6.45, 7) is 2.00. The van der Waals surface area contributed by atoms with Gasteiger partial charge in [0.1, 0.15) is 0 Å². The van der Waals surface area contributed by atoms with E-state index < -0.39 is 9.84 Å². The number of rotatable bonds is 3. The highest BCUT2D eigenvalue weighted by molar-refractivity contribution is 7.92. The minimum Gasteiger partial charge on any atom is -0.233 e. The molecule has 3 nitrogen and oxygen atoms in total. The van der Waals surface area contributed by atoms with Crippen molar-refractivity contribution in [3.8, 4) is 0 Å². The average molecular weight is 204 g/mol. The van der Waals surface area contributed by atoms with Gasteiger partial charge in [0, 0.05) is 23.8 Å². The van der Waals surface area contributed by atoms with Crippen molar-refractivity contribution < 1.29 is 8.42 Å². The maximum atomic E-state index is 11.0. The van der Waals surface area contributed by atoms with Crippen molar-refractivity contribution in [1.29, 1.82) is 0 Å². The molecule has 1 heterocycles. The summed E-state index contributed by atoms with van der Waals surface area (Å²) in [7, 11) is -3.11. The van der Waals surface area contributed by atoms with E-state index in [2.05, 4.69) is 4.98 Å². The molecule has 1 aromatic heterocycles. The number of sulfone groups is 1. The first-order valence-corrected chi connectivity index (χ1v) is 6.24. The SMILES string of the molecule is CC[CH]c1cnc(S(C)(=O)=O)s1. The van der Waals surface area contributed by atoms with Gasteiger partial charge in [0.05, 0.1) is 0 Å². The molecule has 1 aromatic rings. The van der Waals surface area contributed by atoms with Crippen molar-refractivity contribution in [2.75, 3.05) is 6.26 Å². The van der Waals surface area contributed by atoms with Crippen LogP contribution in [-0.2, 0) is 9.84 Å². The first-order valence-electron chi connectivity index (χ1n) is 3.53. The fraction of sp³-hybridized carbons (Fsp3) is 0.429. The van der Waals surface area contributed by atoms with Crippen molar-refractivity contribution >= 4 is 21.2 Å². The molecule has 0 amide bonds. The molecule has 0 aliphatic rings. The quantitative estimate of drug-likeness (QED) is 0.749. The van der Waals surface area contributed by atoms with Crippen LogP contribution in [0.3, 0.4) is 0 Å². The van der Waals surface area contributed by atoms with Gasteiger partial charge in [-0.1, -0.05) is 6.92 Å². The highest BCUT2D eigenvalue weighted by Gasteiger charge is 2.11. The first-order chi connectivity index (χ1) is 5.54. The third-order valence-electron chi connectivity index (χ3n) is 1.22. The van der Waals surface area contributed by atoms with Gasteiger partial charge in [-0.15, -0.1) is 11.3 Å². The van der Waals surface area contributed by atoms with E-state index >= 15 is 0 Å². The molecule has 0 saturated heterocycles. The van der Waals surface area contributed by atoms with Crippen LogP contribution in [0.15, 0.2) is 10.5 Å². The van der Waals surface area contributed by atoms with Crippen molar-refractivity contribution in [1.82, 2.24) is 4.98 Å². The summed E-state index contributed by atoms with van der Waals surface area (Å²) >= 11 is 1.21. The van der Waals surface area contributed by atoms with Crippen LogP contribution < -0.4 is 0 Å². The van der Waals surface area contributed by atoms with Crippen LogP contribution in [0.1, 0.15) is 18.2 Å². The minimum absolute atomic E-state index is 0.196. The zero-order valence-corrected chi connectivity index (χ0v) is 8.58. The van der Waals surface area contributed by atoms with Gasteiger partial charge in [0.25, 0.3) is 0 Å². The summed E-state index contributed by atoms with van der Waals surface area (Å²) in [6.07, 6.45) is 5.60. The van der Waals surface area contributed by atoms with Crippen molar-refractivity contribution in [3.63, 3.8) is 0 Å². The fourth-order valence-corrected chi connectivity index (χ4v) is 2.54. The summed E-state index contributed by atoms with van der Waals surface area (Å²) < 4.78 is 22.2. The van der Waals surface area contributed by atoms with E-state index in [9.17, 15) is 8.42 Å². The predicted octanol–water partition coefficient (Wildman–Crippen LogP) is 1.51. The Balaban J connectivity index is 2.92. The smallest absolute Gasteiger partial charge is 0.209 e. The molecule has 0 fully saturated rings. The lowest BCUT2D eigenvalue weighted by Crippen LogP contribution is -1.94. The Morgan fingerprint density at radius 3 is 2.75 bits per heavy atom. The highest BCUT2D eigenvalue weighted by Crippen LogP contribution is 2.19. The molecule has 0 unspecified atom stereocenters. The molecule has 0 bridgehead atoms. The van der Waals surface area contributed by atoms with Crippen LogP contribution in [0.25, 0.3) is 0 Å². The van der Waals surface area contributed by atoms with E-state index in [0.717, 1.165) is 11.3 Å². The lowest BCUT2D eigenvalue weighted by Gasteiger charge is -1.87. The molecule has 0 aromatic carbocycles. The third-order valence-corrected chi connectivity index (χ3v) is 3.91. The molecule has 12 heavy (non-hydrogen) atoms. The summed E-state index contributed by atoms with van der Waals surface area (Å²) in [6, 6.07) is 0. The lowest BCUT2D eigenvalue weighted by molar-refractivity contribution is 0.601. The van der Waals surface area contributed by atoms with Gasteiger partial charge in [0.2, 0.25) is 14.2 Å². The topological polar surface area (TPSA) is 47.0 Å². The van der Waals surface area contributed by atoms with Crippen LogP contribution in [0.5, 0.6) is 0 Å². The van der Waals surface area contributed by atoms with E-state index in [1.165, 1.54) is 17.6 Å². The van der Waals surface area contributed by atoms with Crippen molar-refractivity contribution in [3.05, 3.63) is 17.5 Å². The van der Waals surface area contributed by atoms with Crippen LogP contribution in [0.4, 0.5) is 0 Å². The summed E-state index contributed by atoms with van der Waals surface area (Å²) in [5.74, 6) is 0. The van der Waals surface area contributed by atoms with Gasteiger partial charge in [0.15, 0.2) is 0 Å². The lowest BCUT2D eigenvalue weighted by atomic mass is 10.3. The van der Waals surface area contributed by atoms with Gasteiger partial charge in [-0.25, -0.2) is 13.4 Å².